The fourth-order valence-electron chi connectivity index (χ4n) is 2.20. The highest BCUT2D eigenvalue weighted by Crippen LogP contribution is 2.15. The average Bonchev–Trinajstić information content (AvgIpc) is 2.44. The van der Waals surface area contributed by atoms with Gasteiger partial charge in [-0.05, 0) is 24.6 Å². The quantitative estimate of drug-likeness (QED) is 0.743. The minimum atomic E-state index is -0.276. The van der Waals surface area contributed by atoms with Crippen molar-refractivity contribution in [3.8, 4) is 6.07 Å². The Balaban J connectivity index is 2.73. The van der Waals surface area contributed by atoms with Crippen LogP contribution in [0.4, 0.5) is 4.39 Å². The van der Waals surface area contributed by atoms with Crippen LogP contribution in [0, 0.1) is 23.1 Å². The highest BCUT2D eigenvalue weighted by molar-refractivity contribution is 5.32. The molecule has 19 heavy (non-hydrogen) atoms. The van der Waals surface area contributed by atoms with Crippen LogP contribution in [0.3, 0.4) is 0 Å². The lowest BCUT2D eigenvalue weighted by molar-refractivity contribution is 0.223. The van der Waals surface area contributed by atoms with Crippen LogP contribution < -0.4 is 0 Å². The highest BCUT2D eigenvalue weighted by Gasteiger charge is 2.12. The summed E-state index contributed by atoms with van der Waals surface area (Å²) in [7, 11) is 0. The van der Waals surface area contributed by atoms with Gasteiger partial charge in [0.1, 0.15) is 5.82 Å². The predicted molar refractivity (Wildman–Crippen MR) is 76.1 cm³/mol. The molecule has 1 aromatic carbocycles. The van der Waals surface area contributed by atoms with Crippen LogP contribution in [0.5, 0.6) is 0 Å². The number of nitrogens with zero attached hydrogens (tertiary/aromatic N) is 2. The number of hydrogen-bond acceptors (Lipinski definition) is 2. The molecule has 0 aliphatic heterocycles. The average molecular weight is 262 g/mol. The Kier molecular flexibility index (Phi) is 6.52. The maximum atomic E-state index is 13.9. The Morgan fingerprint density at radius 3 is 2.42 bits per heavy atom. The first-order valence-electron chi connectivity index (χ1n) is 7.05. The van der Waals surface area contributed by atoms with Gasteiger partial charge in [-0.25, -0.2) is 4.39 Å². The second kappa shape index (κ2) is 7.91. The fraction of sp³-hybridized carbons (Fsp3) is 0.562. The van der Waals surface area contributed by atoms with E-state index in [4.69, 9.17) is 5.26 Å². The van der Waals surface area contributed by atoms with E-state index in [1.807, 2.05) is 6.07 Å². The summed E-state index contributed by atoms with van der Waals surface area (Å²) in [4.78, 5) is 2.27. The van der Waals surface area contributed by atoms with Crippen LogP contribution in [0.2, 0.25) is 0 Å². The summed E-state index contributed by atoms with van der Waals surface area (Å²) in [5.41, 5.74) is 1.05. The first kappa shape index (κ1) is 15.7. The third-order valence-corrected chi connectivity index (χ3v) is 3.69. The number of rotatable bonds is 7. The van der Waals surface area contributed by atoms with E-state index in [0.29, 0.717) is 23.6 Å². The topological polar surface area (TPSA) is 27.0 Å². The Morgan fingerprint density at radius 2 is 1.95 bits per heavy atom. The van der Waals surface area contributed by atoms with Gasteiger partial charge in [0.05, 0.1) is 11.6 Å². The van der Waals surface area contributed by atoms with Crippen LogP contribution in [0.1, 0.15) is 44.7 Å². The smallest absolute Gasteiger partial charge is 0.129 e. The molecule has 0 atom stereocenters. The lowest BCUT2D eigenvalue weighted by atomic mass is 10.0. The van der Waals surface area contributed by atoms with Gasteiger partial charge in [-0.1, -0.05) is 39.7 Å². The van der Waals surface area contributed by atoms with Crippen molar-refractivity contribution in [2.75, 3.05) is 13.1 Å². The largest absolute Gasteiger partial charge is 0.299 e. The van der Waals surface area contributed by atoms with Crippen molar-refractivity contribution in [1.82, 2.24) is 4.90 Å². The SMILES string of the molecule is CCC(CC)CN(CC)Cc1ccc(C#N)cc1F. The van der Waals surface area contributed by atoms with Crippen LogP contribution >= 0.6 is 0 Å². The van der Waals surface area contributed by atoms with E-state index in [1.54, 1.807) is 12.1 Å². The van der Waals surface area contributed by atoms with Crippen molar-refractivity contribution in [2.24, 2.45) is 5.92 Å². The Labute approximate surface area is 115 Å². The minimum Gasteiger partial charge on any atom is -0.299 e. The van der Waals surface area contributed by atoms with Gasteiger partial charge >= 0.3 is 0 Å². The first-order chi connectivity index (χ1) is 9.14. The van der Waals surface area contributed by atoms with Gasteiger partial charge in [0, 0.05) is 18.7 Å². The summed E-state index contributed by atoms with van der Waals surface area (Å²) in [5.74, 6) is 0.392. The van der Waals surface area contributed by atoms with Gasteiger partial charge in [-0.3, -0.25) is 4.90 Å². The van der Waals surface area contributed by atoms with Gasteiger partial charge < -0.3 is 0 Å². The molecule has 0 heterocycles. The van der Waals surface area contributed by atoms with E-state index >= 15 is 0 Å². The van der Waals surface area contributed by atoms with Gasteiger partial charge in [0.15, 0.2) is 0 Å². The molecule has 0 radical (unpaired) electrons. The van der Waals surface area contributed by atoms with E-state index in [0.717, 1.165) is 25.9 Å². The molecule has 0 aromatic heterocycles. The van der Waals surface area contributed by atoms with Crippen molar-refractivity contribution in [2.45, 2.75) is 40.2 Å². The molecule has 0 N–H and O–H groups in total. The number of benzene rings is 1. The van der Waals surface area contributed by atoms with E-state index in [9.17, 15) is 4.39 Å². The predicted octanol–water partition coefficient (Wildman–Crippen LogP) is 3.96. The molecule has 1 rings (SSSR count). The molecule has 3 heteroatoms. The Bertz CT molecular complexity index is 433. The summed E-state index contributed by atoms with van der Waals surface area (Å²) < 4.78 is 13.9. The number of halogens is 1. The lowest BCUT2D eigenvalue weighted by Gasteiger charge is -2.25. The van der Waals surface area contributed by atoms with Crippen molar-refractivity contribution in [1.29, 1.82) is 5.26 Å². The van der Waals surface area contributed by atoms with E-state index in [-0.39, 0.29) is 5.82 Å². The monoisotopic (exact) mass is 262 g/mol. The lowest BCUT2D eigenvalue weighted by Crippen LogP contribution is -2.29. The Morgan fingerprint density at radius 1 is 1.26 bits per heavy atom. The van der Waals surface area contributed by atoms with E-state index in [1.165, 1.54) is 6.07 Å². The van der Waals surface area contributed by atoms with Crippen molar-refractivity contribution < 1.29 is 4.39 Å². The molecule has 0 saturated carbocycles. The standard InChI is InChI=1S/C16H23FN2/c1-4-13(5-2)11-19(6-3)12-15-8-7-14(10-18)9-16(15)17/h7-9,13H,4-6,11-12H2,1-3H3. The zero-order valence-corrected chi connectivity index (χ0v) is 12.1. The molecule has 1 aromatic rings. The van der Waals surface area contributed by atoms with E-state index in [2.05, 4.69) is 25.7 Å². The molecule has 0 fully saturated rings. The third-order valence-electron chi connectivity index (χ3n) is 3.69. The second-order valence-corrected chi connectivity index (χ2v) is 4.93. The molecule has 0 aliphatic carbocycles. The molecular weight excluding hydrogens is 239 g/mol. The zero-order chi connectivity index (χ0) is 14.3. The van der Waals surface area contributed by atoms with Crippen LogP contribution in [0.15, 0.2) is 18.2 Å². The first-order valence-corrected chi connectivity index (χ1v) is 7.05. The summed E-state index contributed by atoms with van der Waals surface area (Å²) in [6, 6.07) is 6.69. The van der Waals surface area contributed by atoms with Crippen LogP contribution in [-0.2, 0) is 6.54 Å². The van der Waals surface area contributed by atoms with Crippen LogP contribution in [0.25, 0.3) is 0 Å². The normalized spacial score (nSPS) is 11.0. The summed E-state index contributed by atoms with van der Waals surface area (Å²) >= 11 is 0. The third kappa shape index (κ3) is 4.65. The molecule has 0 saturated heterocycles. The molecule has 0 bridgehead atoms. The fourth-order valence-corrected chi connectivity index (χ4v) is 2.20. The molecule has 104 valence electrons. The van der Waals surface area contributed by atoms with E-state index < -0.39 is 0 Å². The second-order valence-electron chi connectivity index (χ2n) is 4.93. The molecule has 2 nitrogen and oxygen atoms in total. The van der Waals surface area contributed by atoms with Gasteiger partial charge in [-0.2, -0.15) is 5.26 Å². The zero-order valence-electron chi connectivity index (χ0n) is 12.1. The summed E-state index contributed by atoms with van der Waals surface area (Å²) in [6.07, 6.45) is 2.31. The maximum absolute atomic E-state index is 13.9. The highest BCUT2D eigenvalue weighted by atomic mass is 19.1. The van der Waals surface area contributed by atoms with Gasteiger partial charge in [0.2, 0.25) is 0 Å². The number of nitriles is 1. The van der Waals surface area contributed by atoms with Gasteiger partial charge in [0.25, 0.3) is 0 Å². The Hall–Kier alpha value is -1.40. The molecular formula is C16H23FN2. The van der Waals surface area contributed by atoms with Gasteiger partial charge in [-0.15, -0.1) is 0 Å². The van der Waals surface area contributed by atoms with Crippen molar-refractivity contribution in [3.05, 3.63) is 35.1 Å². The number of hydrogen-bond donors (Lipinski definition) is 0. The summed E-state index contributed by atoms with van der Waals surface area (Å²) in [6.45, 7) is 9.03. The summed E-state index contributed by atoms with van der Waals surface area (Å²) in [5, 5.41) is 8.74. The van der Waals surface area contributed by atoms with Crippen molar-refractivity contribution >= 4 is 0 Å². The molecule has 0 spiro atoms. The van der Waals surface area contributed by atoms with Crippen LogP contribution in [-0.4, -0.2) is 18.0 Å². The maximum Gasteiger partial charge on any atom is 0.129 e. The molecule has 0 unspecified atom stereocenters. The molecule has 0 amide bonds. The molecule has 0 aliphatic rings. The minimum absolute atomic E-state index is 0.276. The van der Waals surface area contributed by atoms with Crippen molar-refractivity contribution in [3.63, 3.8) is 0 Å².